The molecule has 0 amide bonds. The van der Waals surface area contributed by atoms with Gasteiger partial charge in [-0.2, -0.15) is 5.10 Å². The molecule has 0 aromatic carbocycles. The van der Waals surface area contributed by atoms with Crippen molar-refractivity contribution < 1.29 is 23.4 Å². The molecule has 10 nitrogen and oxygen atoms in total. The summed E-state index contributed by atoms with van der Waals surface area (Å²) in [6, 6.07) is 1.27. The van der Waals surface area contributed by atoms with Crippen LogP contribution in [-0.4, -0.2) is 64.1 Å². The minimum atomic E-state index is -3.92. The Morgan fingerprint density at radius 1 is 1.30 bits per heavy atom. The van der Waals surface area contributed by atoms with Crippen molar-refractivity contribution in [3.05, 3.63) is 23.0 Å². The molecule has 1 aliphatic carbocycles. The Bertz CT molecular complexity index is 1260. The fraction of sp³-hybridized carbons (Fsp3) is 0.571. The minimum Gasteiger partial charge on any atom is -0.480 e. The molecule has 1 fully saturated rings. The minimum absolute atomic E-state index is 0.000821. The van der Waals surface area contributed by atoms with Gasteiger partial charge in [-0.15, -0.1) is 0 Å². The van der Waals surface area contributed by atoms with Crippen LogP contribution < -0.4 is 9.46 Å². The van der Waals surface area contributed by atoms with Crippen molar-refractivity contribution in [3.63, 3.8) is 0 Å². The number of imidazole rings is 1. The molecule has 4 rings (SSSR count). The van der Waals surface area contributed by atoms with Gasteiger partial charge in [0.25, 0.3) is 0 Å². The maximum Gasteiger partial charge on any atom is 0.246 e. The molecule has 0 aliphatic heterocycles. The van der Waals surface area contributed by atoms with Crippen LogP contribution in [-0.2, 0) is 15.4 Å². The number of nitrogens with one attached hydrogen (secondary N) is 1. The lowest BCUT2D eigenvalue weighted by Gasteiger charge is -2.26. The number of rotatable bonds is 7. The number of hydrogen-bond donors (Lipinski definition) is 3. The third-order valence-electron chi connectivity index (χ3n) is 5.95. The third kappa shape index (κ3) is 4.62. The van der Waals surface area contributed by atoms with Gasteiger partial charge in [-0.05, 0) is 38.7 Å². The van der Waals surface area contributed by atoms with E-state index in [0.29, 0.717) is 47.6 Å². The number of ether oxygens (including phenoxy) is 1. The maximum atomic E-state index is 13.2. The first kappa shape index (κ1) is 24.0. The van der Waals surface area contributed by atoms with Crippen molar-refractivity contribution in [1.29, 1.82) is 0 Å². The maximum absolute atomic E-state index is 13.2. The summed E-state index contributed by atoms with van der Waals surface area (Å²) in [6.45, 7) is 5.56. The quantitative estimate of drug-likeness (QED) is 0.452. The van der Waals surface area contributed by atoms with Gasteiger partial charge in [-0.1, -0.05) is 25.2 Å². The lowest BCUT2D eigenvalue weighted by molar-refractivity contribution is 0.120. The molecule has 33 heavy (non-hydrogen) atoms. The largest absolute Gasteiger partial charge is 0.480 e. The Morgan fingerprint density at radius 2 is 2.00 bits per heavy atom. The second-order valence-electron chi connectivity index (χ2n) is 9.05. The van der Waals surface area contributed by atoms with Gasteiger partial charge in [-0.3, -0.25) is 0 Å². The fourth-order valence-corrected chi connectivity index (χ4v) is 6.39. The number of sulfonamides is 1. The lowest BCUT2D eigenvalue weighted by Crippen LogP contribution is -2.38. The van der Waals surface area contributed by atoms with Gasteiger partial charge >= 0.3 is 0 Å². The van der Waals surface area contributed by atoms with Gasteiger partial charge in [-0.25, -0.2) is 27.6 Å². The van der Waals surface area contributed by atoms with E-state index in [1.165, 1.54) is 24.5 Å². The average molecular weight is 496 g/mol. The summed E-state index contributed by atoms with van der Waals surface area (Å²) < 4.78 is 36.2. The summed E-state index contributed by atoms with van der Waals surface area (Å²) in [7, 11) is -2.54. The Balaban J connectivity index is 1.75. The molecule has 0 radical (unpaired) electrons. The van der Waals surface area contributed by atoms with Gasteiger partial charge in [0.15, 0.2) is 0 Å². The Labute approximate surface area is 196 Å². The van der Waals surface area contributed by atoms with Gasteiger partial charge < -0.3 is 14.9 Å². The Kier molecular flexibility index (Phi) is 6.49. The molecule has 1 saturated carbocycles. The first-order chi connectivity index (χ1) is 15.6. The SMILES string of the molecule is COc1ncc(-c2c(C)nc3sc(C(C)(C)CO)nn23)cc1S(=O)(=O)NC1CCC(O)CC1. The molecule has 3 heterocycles. The van der Waals surface area contributed by atoms with Crippen molar-refractivity contribution in [2.24, 2.45) is 0 Å². The van der Waals surface area contributed by atoms with Crippen LogP contribution in [0, 0.1) is 6.92 Å². The zero-order valence-corrected chi connectivity index (χ0v) is 20.7. The number of methoxy groups -OCH3 is 1. The number of aryl methyl sites for hydroxylation is 1. The van der Waals surface area contributed by atoms with Crippen LogP contribution in [0.5, 0.6) is 5.88 Å². The highest BCUT2D eigenvalue weighted by Gasteiger charge is 2.30. The zero-order valence-electron chi connectivity index (χ0n) is 19.1. The molecule has 12 heteroatoms. The topological polar surface area (TPSA) is 139 Å². The number of nitrogens with zero attached hydrogens (tertiary/aromatic N) is 4. The smallest absolute Gasteiger partial charge is 0.246 e. The first-order valence-electron chi connectivity index (χ1n) is 10.8. The lowest BCUT2D eigenvalue weighted by atomic mass is 9.94. The molecule has 3 aromatic heterocycles. The summed E-state index contributed by atoms with van der Waals surface area (Å²) in [5.41, 5.74) is 1.33. The highest BCUT2D eigenvalue weighted by atomic mass is 32.2. The fourth-order valence-electron chi connectivity index (χ4n) is 3.91. The van der Waals surface area contributed by atoms with E-state index in [4.69, 9.17) is 4.74 Å². The van der Waals surface area contributed by atoms with Crippen LogP contribution in [0.4, 0.5) is 0 Å². The molecular weight excluding hydrogens is 466 g/mol. The monoisotopic (exact) mass is 495 g/mol. The second kappa shape index (κ2) is 8.91. The summed E-state index contributed by atoms with van der Waals surface area (Å²) in [5, 5.41) is 24.8. The van der Waals surface area contributed by atoms with Crippen molar-refractivity contribution in [2.45, 2.75) is 68.9 Å². The van der Waals surface area contributed by atoms with E-state index < -0.39 is 15.4 Å². The van der Waals surface area contributed by atoms with Crippen molar-refractivity contribution in [2.75, 3.05) is 13.7 Å². The summed E-state index contributed by atoms with van der Waals surface area (Å²) in [6.07, 6.45) is 3.43. The van der Waals surface area contributed by atoms with E-state index >= 15 is 0 Å². The average Bonchev–Trinajstić information content (AvgIpc) is 3.32. The number of aliphatic hydroxyl groups is 2. The molecule has 3 N–H and O–H groups in total. The second-order valence-corrected chi connectivity index (χ2v) is 11.7. The standard InChI is InChI=1S/C21H29N5O5S2/c1-12-17(26-20(23-12)32-19(24-26)21(2,3)11-27)13-9-16(18(31-4)22-10-13)33(29,30)25-14-5-7-15(28)8-6-14/h9-10,14-15,25,27-28H,5-8,11H2,1-4H3. The molecular formula is C21H29N5O5S2. The van der Waals surface area contributed by atoms with Crippen LogP contribution in [0.2, 0.25) is 0 Å². The molecule has 3 aromatic rings. The summed E-state index contributed by atoms with van der Waals surface area (Å²) in [4.78, 5) is 9.43. The van der Waals surface area contributed by atoms with Gasteiger partial charge in [0.1, 0.15) is 9.90 Å². The van der Waals surface area contributed by atoms with Crippen LogP contribution in [0.25, 0.3) is 16.2 Å². The normalized spacial score (nSPS) is 19.8. The molecule has 0 saturated heterocycles. The molecule has 0 atom stereocenters. The van der Waals surface area contributed by atoms with Crippen LogP contribution in [0.1, 0.15) is 50.2 Å². The number of hydrogen-bond acceptors (Lipinski definition) is 9. The number of pyridine rings is 1. The van der Waals surface area contributed by atoms with E-state index in [9.17, 15) is 18.6 Å². The van der Waals surface area contributed by atoms with Crippen LogP contribution in [0.15, 0.2) is 17.2 Å². The predicted molar refractivity (Wildman–Crippen MR) is 124 cm³/mol. The summed E-state index contributed by atoms with van der Waals surface area (Å²) >= 11 is 1.38. The molecule has 1 aliphatic rings. The third-order valence-corrected chi connectivity index (χ3v) is 8.73. The van der Waals surface area contributed by atoms with Gasteiger partial charge in [0, 0.05) is 23.2 Å². The van der Waals surface area contributed by atoms with E-state index in [1.54, 1.807) is 10.7 Å². The van der Waals surface area contributed by atoms with E-state index in [-0.39, 0.29) is 29.5 Å². The number of aromatic nitrogens is 4. The summed E-state index contributed by atoms with van der Waals surface area (Å²) in [5.74, 6) is 0.000821. The molecule has 0 unspecified atom stereocenters. The van der Waals surface area contributed by atoms with E-state index in [1.807, 2.05) is 20.8 Å². The molecule has 0 bridgehead atoms. The van der Waals surface area contributed by atoms with Crippen LogP contribution in [0.3, 0.4) is 0 Å². The van der Waals surface area contributed by atoms with Crippen molar-refractivity contribution in [1.82, 2.24) is 24.3 Å². The highest BCUT2D eigenvalue weighted by molar-refractivity contribution is 7.89. The van der Waals surface area contributed by atoms with Crippen LogP contribution >= 0.6 is 11.3 Å². The van der Waals surface area contributed by atoms with Crippen molar-refractivity contribution >= 4 is 26.3 Å². The van der Waals surface area contributed by atoms with E-state index in [0.717, 1.165) is 5.01 Å². The first-order valence-corrected chi connectivity index (χ1v) is 13.1. The van der Waals surface area contributed by atoms with Gasteiger partial charge in [0.05, 0.1) is 31.2 Å². The van der Waals surface area contributed by atoms with Crippen molar-refractivity contribution in [3.8, 4) is 17.1 Å². The Hall–Kier alpha value is -2.12. The molecule has 0 spiro atoms. The predicted octanol–water partition coefficient (Wildman–Crippen LogP) is 2.02. The molecule has 180 valence electrons. The number of aliphatic hydroxyl groups excluding tert-OH is 2. The zero-order chi connectivity index (χ0) is 24.0. The van der Waals surface area contributed by atoms with Gasteiger partial charge in [0.2, 0.25) is 20.9 Å². The van der Waals surface area contributed by atoms with E-state index in [2.05, 4.69) is 19.8 Å². The Morgan fingerprint density at radius 3 is 2.64 bits per heavy atom. The highest BCUT2D eigenvalue weighted by Crippen LogP contribution is 2.34. The number of fused-ring (bicyclic) bond motifs is 1.